The summed E-state index contributed by atoms with van der Waals surface area (Å²) in [6, 6.07) is 18.1. The van der Waals surface area contributed by atoms with E-state index in [1.165, 1.54) is 36.4 Å². The van der Waals surface area contributed by atoms with Gasteiger partial charge in [-0.15, -0.1) is 0 Å². The van der Waals surface area contributed by atoms with E-state index in [2.05, 4.69) is 0 Å². The Hall–Kier alpha value is -2.61. The quantitative estimate of drug-likeness (QED) is 0.331. The van der Waals surface area contributed by atoms with Gasteiger partial charge in [-0.25, -0.2) is 0 Å². The Morgan fingerprint density at radius 3 is 0.846 bits per heavy atom. The Kier molecular flexibility index (Phi) is 8.64. The fraction of sp³-hybridized carbons (Fsp3) is 0.333. The molecule has 1 fully saturated rings. The normalized spacial score (nSPS) is 20.5. The highest BCUT2D eigenvalue weighted by atomic mass is 32.2. The third kappa shape index (κ3) is 7.53. The summed E-state index contributed by atoms with van der Waals surface area (Å²) in [4.78, 5) is -0.227. The van der Waals surface area contributed by atoms with Crippen LogP contribution in [0, 0.1) is 20.8 Å². The fourth-order valence-corrected chi connectivity index (χ4v) is 7.51. The third-order valence-electron chi connectivity index (χ3n) is 6.29. The van der Waals surface area contributed by atoms with Gasteiger partial charge in [0.05, 0.1) is 33.0 Å². The molecule has 0 N–H and O–H groups in total. The second-order valence-electron chi connectivity index (χ2n) is 9.66. The smallest absolute Gasteiger partial charge is 0.263 e. The van der Waals surface area contributed by atoms with Gasteiger partial charge in [0.25, 0.3) is 30.4 Å². The lowest BCUT2D eigenvalue weighted by atomic mass is 9.93. The largest absolute Gasteiger partial charge is 0.297 e. The zero-order chi connectivity index (χ0) is 28.4. The van der Waals surface area contributed by atoms with Gasteiger partial charge in [-0.2, -0.15) is 25.3 Å². The average Bonchev–Trinajstić information content (AvgIpc) is 2.84. The summed E-state index contributed by atoms with van der Waals surface area (Å²) in [6.45, 7) is 5.43. The molecule has 1 saturated carbocycles. The van der Waals surface area contributed by atoms with Crippen LogP contribution in [-0.2, 0) is 42.9 Å². The summed E-state index contributed by atoms with van der Waals surface area (Å²) in [7, 11) is -12.7. The SMILES string of the molecule is Cc1ccc(S(=O)(=O)OC2CC(OS(=O)(=O)c3ccc(C)cc3)CC(OS(=O)(=O)c3ccc(C)cc3)C2)cc1. The van der Waals surface area contributed by atoms with Crippen molar-refractivity contribution in [3.8, 4) is 0 Å². The van der Waals surface area contributed by atoms with Crippen LogP contribution < -0.4 is 0 Å². The van der Waals surface area contributed by atoms with E-state index < -0.39 is 48.7 Å². The molecule has 0 radical (unpaired) electrons. The molecule has 3 aromatic rings. The molecule has 9 nitrogen and oxygen atoms in total. The molecule has 0 aromatic heterocycles. The van der Waals surface area contributed by atoms with Gasteiger partial charge in [-0.1, -0.05) is 53.1 Å². The minimum atomic E-state index is -4.23. The van der Waals surface area contributed by atoms with E-state index in [1.54, 1.807) is 36.4 Å². The monoisotopic (exact) mass is 594 g/mol. The maximum absolute atomic E-state index is 13.0. The topological polar surface area (TPSA) is 130 Å². The molecule has 12 heteroatoms. The lowest BCUT2D eigenvalue weighted by molar-refractivity contribution is 0.0127. The summed E-state index contributed by atoms with van der Waals surface area (Å²) in [5.74, 6) is 0. The highest BCUT2D eigenvalue weighted by Crippen LogP contribution is 2.33. The molecule has 0 aliphatic heterocycles. The van der Waals surface area contributed by atoms with Crippen molar-refractivity contribution in [2.45, 2.75) is 73.0 Å². The molecule has 3 aromatic carbocycles. The van der Waals surface area contributed by atoms with E-state index in [0.29, 0.717) is 0 Å². The Morgan fingerprint density at radius 1 is 0.436 bits per heavy atom. The van der Waals surface area contributed by atoms with Crippen molar-refractivity contribution in [3.05, 3.63) is 89.5 Å². The molecule has 0 unspecified atom stereocenters. The van der Waals surface area contributed by atoms with Crippen molar-refractivity contribution in [2.24, 2.45) is 0 Å². The number of aryl methyl sites for hydroxylation is 3. The van der Waals surface area contributed by atoms with Crippen molar-refractivity contribution >= 4 is 30.4 Å². The van der Waals surface area contributed by atoms with Crippen LogP contribution in [0.5, 0.6) is 0 Å². The van der Waals surface area contributed by atoms with Crippen LogP contribution in [0.1, 0.15) is 36.0 Å². The second kappa shape index (κ2) is 11.5. The molecule has 210 valence electrons. The van der Waals surface area contributed by atoms with Gasteiger partial charge in [0.2, 0.25) is 0 Å². The molecule has 1 aliphatic carbocycles. The number of benzene rings is 3. The lowest BCUT2D eigenvalue weighted by Gasteiger charge is -2.33. The van der Waals surface area contributed by atoms with Crippen molar-refractivity contribution in [1.82, 2.24) is 0 Å². The average molecular weight is 595 g/mol. The van der Waals surface area contributed by atoms with E-state index in [-0.39, 0.29) is 33.9 Å². The predicted molar refractivity (Wildman–Crippen MR) is 144 cm³/mol. The van der Waals surface area contributed by atoms with Crippen LogP contribution in [0.15, 0.2) is 87.5 Å². The van der Waals surface area contributed by atoms with E-state index in [9.17, 15) is 25.3 Å². The van der Waals surface area contributed by atoms with Crippen LogP contribution in [-0.4, -0.2) is 43.6 Å². The lowest BCUT2D eigenvalue weighted by Crippen LogP contribution is -2.40. The highest BCUT2D eigenvalue weighted by Gasteiger charge is 2.38. The van der Waals surface area contributed by atoms with Crippen molar-refractivity contribution in [2.75, 3.05) is 0 Å². The summed E-state index contributed by atoms with van der Waals surface area (Å²) >= 11 is 0. The van der Waals surface area contributed by atoms with Crippen LogP contribution in [0.3, 0.4) is 0 Å². The van der Waals surface area contributed by atoms with Gasteiger partial charge in [-0.05, 0) is 57.2 Å². The molecule has 4 rings (SSSR count). The Bertz CT molecular complexity index is 1410. The Labute approximate surface area is 230 Å². The molecule has 0 spiro atoms. The van der Waals surface area contributed by atoms with Gasteiger partial charge in [-0.3, -0.25) is 12.5 Å². The molecular weight excluding hydrogens is 564 g/mol. The minimum Gasteiger partial charge on any atom is -0.263 e. The van der Waals surface area contributed by atoms with Crippen LogP contribution in [0.25, 0.3) is 0 Å². The van der Waals surface area contributed by atoms with Crippen molar-refractivity contribution in [3.63, 3.8) is 0 Å². The first-order valence-corrected chi connectivity index (χ1v) is 16.5. The number of rotatable bonds is 9. The van der Waals surface area contributed by atoms with E-state index in [0.717, 1.165) is 16.7 Å². The molecular formula is C27H30O9S3. The van der Waals surface area contributed by atoms with Crippen molar-refractivity contribution in [1.29, 1.82) is 0 Å². The van der Waals surface area contributed by atoms with Gasteiger partial charge in [0.1, 0.15) is 0 Å². The minimum absolute atomic E-state index is 0.0758. The van der Waals surface area contributed by atoms with Crippen LogP contribution in [0.2, 0.25) is 0 Å². The van der Waals surface area contributed by atoms with Crippen LogP contribution in [0.4, 0.5) is 0 Å². The first kappa shape index (κ1) is 29.4. The van der Waals surface area contributed by atoms with Gasteiger partial charge in [0.15, 0.2) is 0 Å². The molecule has 0 amide bonds. The summed E-state index contributed by atoms with van der Waals surface area (Å²) in [6.07, 6.45) is -3.62. The van der Waals surface area contributed by atoms with Crippen LogP contribution >= 0.6 is 0 Å². The standard InChI is InChI=1S/C27H30O9S3/c1-19-4-10-25(11-5-19)37(28,29)34-22-16-23(35-38(30,31)26-12-6-20(2)7-13-26)18-24(17-22)36-39(32,33)27-14-8-21(3)9-15-27/h4-15,22-24H,16-18H2,1-3H3. The Balaban J connectivity index is 1.59. The third-order valence-corrected chi connectivity index (χ3v) is 10.4. The molecule has 0 atom stereocenters. The van der Waals surface area contributed by atoms with Gasteiger partial charge in [0, 0.05) is 19.3 Å². The molecule has 0 bridgehead atoms. The maximum atomic E-state index is 13.0. The first-order chi connectivity index (χ1) is 18.2. The van der Waals surface area contributed by atoms with Gasteiger partial charge < -0.3 is 0 Å². The number of hydrogen-bond donors (Lipinski definition) is 0. The van der Waals surface area contributed by atoms with E-state index >= 15 is 0 Å². The maximum Gasteiger partial charge on any atom is 0.297 e. The zero-order valence-electron chi connectivity index (χ0n) is 21.7. The predicted octanol–water partition coefficient (Wildman–Crippen LogP) is 4.42. The molecule has 39 heavy (non-hydrogen) atoms. The zero-order valence-corrected chi connectivity index (χ0v) is 24.1. The number of hydrogen-bond acceptors (Lipinski definition) is 9. The molecule has 0 heterocycles. The first-order valence-electron chi connectivity index (χ1n) is 12.2. The molecule has 1 aliphatic rings. The Morgan fingerprint density at radius 2 is 0.641 bits per heavy atom. The van der Waals surface area contributed by atoms with Gasteiger partial charge >= 0.3 is 0 Å². The second-order valence-corrected chi connectivity index (χ2v) is 14.4. The van der Waals surface area contributed by atoms with E-state index in [1.807, 2.05) is 20.8 Å². The highest BCUT2D eigenvalue weighted by molar-refractivity contribution is 7.87. The van der Waals surface area contributed by atoms with E-state index in [4.69, 9.17) is 12.5 Å². The van der Waals surface area contributed by atoms with Crippen molar-refractivity contribution < 1.29 is 37.8 Å². The summed E-state index contributed by atoms with van der Waals surface area (Å²) in [5, 5.41) is 0. The fourth-order valence-electron chi connectivity index (χ4n) is 4.22. The molecule has 0 saturated heterocycles. The summed E-state index contributed by atoms with van der Waals surface area (Å²) < 4.78 is 94.2. The summed E-state index contributed by atoms with van der Waals surface area (Å²) in [5.41, 5.74) is 2.57.